The van der Waals surface area contributed by atoms with Crippen molar-refractivity contribution in [2.45, 2.75) is 78.4 Å². The molecule has 13 nitrogen and oxygen atoms in total. The highest BCUT2D eigenvalue weighted by molar-refractivity contribution is 5.98. The second-order valence-electron chi connectivity index (χ2n) is 14.1. The molecule has 1 aromatic heterocycles. The average Bonchev–Trinajstić information content (AvgIpc) is 3.64. The lowest BCUT2D eigenvalue weighted by molar-refractivity contribution is -0.130. The molecule has 0 aliphatic heterocycles. The van der Waals surface area contributed by atoms with Gasteiger partial charge in [-0.15, -0.1) is 10.2 Å². The number of nitrogens with one attached hydrogen (secondary N) is 4. The summed E-state index contributed by atoms with van der Waals surface area (Å²) < 4.78 is 5.34. The van der Waals surface area contributed by atoms with E-state index in [4.69, 9.17) is 4.74 Å². The minimum Gasteiger partial charge on any atom is -0.478 e. The van der Waals surface area contributed by atoms with Crippen LogP contribution in [0.1, 0.15) is 73.5 Å². The number of carboxylic acid groups (broad SMARTS) is 1. The van der Waals surface area contributed by atoms with Crippen molar-refractivity contribution in [2.24, 2.45) is 11.8 Å². The Labute approximate surface area is 297 Å². The number of ether oxygens (including phenoxy) is 1. The lowest BCUT2D eigenvalue weighted by atomic mass is 9.81. The van der Waals surface area contributed by atoms with Crippen LogP contribution in [0.2, 0.25) is 0 Å². The highest BCUT2D eigenvalue weighted by Crippen LogP contribution is 2.30. The van der Waals surface area contributed by atoms with E-state index < -0.39 is 23.7 Å². The first-order valence-corrected chi connectivity index (χ1v) is 17.1. The Balaban J connectivity index is 1.27. The van der Waals surface area contributed by atoms with Gasteiger partial charge >= 0.3 is 12.1 Å². The molecule has 5 rings (SSSR count). The normalized spacial score (nSPS) is 16.5. The monoisotopic (exact) mass is 695 g/mol. The molecule has 51 heavy (non-hydrogen) atoms. The summed E-state index contributed by atoms with van der Waals surface area (Å²) in [6.45, 7) is 9.78. The van der Waals surface area contributed by atoms with Gasteiger partial charge in [-0.25, -0.2) is 9.59 Å². The standard InChI is InChI=1S/C38H45N7O6/c1-22-18-29(36(48)49)20-31(23(22)2)26-10-6-24(7-11-26)19-32(35(47)40-30-16-14-27(15-17-30)33-42-44-45-43-33)41-34(46)28-12-8-25(9-13-28)21-39-37(50)51-38(3,4)5/h6-7,10-11,14-18,20,25,28,32H,8-9,12-13,19,21H2,1-5H3,(H,39,50)(H,40,47)(H,41,46)(H,48,49)(H,42,43,44,45)/t25?,28?,32-/m0/s1. The predicted octanol–water partition coefficient (Wildman–Crippen LogP) is 5.85. The van der Waals surface area contributed by atoms with Gasteiger partial charge in [-0.05, 0) is 136 Å². The Hall–Kier alpha value is -5.59. The van der Waals surface area contributed by atoms with E-state index in [9.17, 15) is 24.3 Å². The number of tetrazole rings is 1. The molecule has 0 spiro atoms. The van der Waals surface area contributed by atoms with Gasteiger partial charge in [0.1, 0.15) is 11.6 Å². The lowest BCUT2D eigenvalue weighted by Gasteiger charge is -2.29. The number of amides is 3. The number of hydrogen-bond donors (Lipinski definition) is 5. The van der Waals surface area contributed by atoms with Crippen LogP contribution in [-0.4, -0.2) is 67.8 Å². The van der Waals surface area contributed by atoms with Crippen LogP contribution in [-0.2, 0) is 20.7 Å². The number of benzene rings is 3. The highest BCUT2D eigenvalue weighted by Gasteiger charge is 2.30. The first-order valence-electron chi connectivity index (χ1n) is 17.1. The minimum absolute atomic E-state index is 0.186. The maximum atomic E-state index is 13.7. The summed E-state index contributed by atoms with van der Waals surface area (Å²) in [5, 5.41) is 32.3. The van der Waals surface area contributed by atoms with Gasteiger partial charge in [-0.2, -0.15) is 5.21 Å². The summed E-state index contributed by atoms with van der Waals surface area (Å²) in [7, 11) is 0. The highest BCUT2D eigenvalue weighted by atomic mass is 16.6. The van der Waals surface area contributed by atoms with Crippen LogP contribution in [0.25, 0.3) is 22.5 Å². The van der Waals surface area contributed by atoms with Gasteiger partial charge in [0.05, 0.1) is 5.56 Å². The fraction of sp³-hybridized carbons (Fsp3) is 0.395. The van der Waals surface area contributed by atoms with Crippen LogP contribution in [0, 0.1) is 25.7 Å². The summed E-state index contributed by atoms with van der Waals surface area (Å²) in [6, 6.07) is 17.1. The minimum atomic E-state index is -0.990. The van der Waals surface area contributed by atoms with Crippen molar-refractivity contribution in [3.05, 3.63) is 82.9 Å². The van der Waals surface area contributed by atoms with Crippen molar-refractivity contribution in [1.82, 2.24) is 31.3 Å². The Morgan fingerprint density at radius 2 is 1.61 bits per heavy atom. The summed E-state index contributed by atoms with van der Waals surface area (Å²) in [6.07, 6.45) is 2.60. The van der Waals surface area contributed by atoms with E-state index in [-0.39, 0.29) is 35.6 Å². The number of nitrogens with zero attached hydrogens (tertiary/aromatic N) is 3. The zero-order valence-electron chi connectivity index (χ0n) is 29.6. The molecule has 0 saturated heterocycles. The number of aromatic carboxylic acids is 1. The zero-order chi connectivity index (χ0) is 36.7. The molecule has 0 radical (unpaired) electrons. The Bertz CT molecular complexity index is 1840. The molecule has 1 fully saturated rings. The lowest BCUT2D eigenvalue weighted by Crippen LogP contribution is -2.48. The first kappa shape index (κ1) is 36.7. The van der Waals surface area contributed by atoms with Crippen LogP contribution in [0.5, 0.6) is 0 Å². The summed E-state index contributed by atoms with van der Waals surface area (Å²) >= 11 is 0. The zero-order valence-corrected chi connectivity index (χ0v) is 29.6. The molecular weight excluding hydrogens is 650 g/mol. The van der Waals surface area contributed by atoms with E-state index in [0.717, 1.165) is 46.2 Å². The quantitative estimate of drug-likeness (QED) is 0.128. The maximum Gasteiger partial charge on any atom is 0.407 e. The van der Waals surface area contributed by atoms with Gasteiger partial charge in [0.15, 0.2) is 0 Å². The van der Waals surface area contributed by atoms with E-state index in [2.05, 4.69) is 36.6 Å². The predicted molar refractivity (Wildman–Crippen MR) is 192 cm³/mol. The molecule has 5 N–H and O–H groups in total. The maximum absolute atomic E-state index is 13.7. The van der Waals surface area contributed by atoms with Crippen molar-refractivity contribution in [3.8, 4) is 22.5 Å². The number of aromatic amines is 1. The summed E-state index contributed by atoms with van der Waals surface area (Å²) in [5.74, 6) is -1.14. The van der Waals surface area contributed by atoms with Crippen LogP contribution in [0.3, 0.4) is 0 Å². The van der Waals surface area contributed by atoms with Crippen molar-refractivity contribution < 1.29 is 29.0 Å². The molecule has 0 unspecified atom stereocenters. The third kappa shape index (κ3) is 9.99. The Kier molecular flexibility index (Phi) is 11.5. The van der Waals surface area contributed by atoms with Gasteiger partial charge in [-0.3, -0.25) is 9.59 Å². The van der Waals surface area contributed by atoms with Crippen LogP contribution < -0.4 is 16.0 Å². The molecule has 1 aliphatic carbocycles. The molecule has 1 atom stereocenters. The van der Waals surface area contributed by atoms with Gasteiger partial charge in [0.2, 0.25) is 17.6 Å². The largest absolute Gasteiger partial charge is 0.478 e. The number of aryl methyl sites for hydroxylation is 1. The molecular formula is C38H45N7O6. The van der Waals surface area contributed by atoms with E-state index in [0.29, 0.717) is 30.9 Å². The van der Waals surface area contributed by atoms with E-state index in [1.54, 1.807) is 36.4 Å². The smallest absolute Gasteiger partial charge is 0.407 e. The molecule has 1 saturated carbocycles. The van der Waals surface area contributed by atoms with Gasteiger partial charge < -0.3 is 25.8 Å². The molecule has 13 heteroatoms. The SMILES string of the molecule is Cc1cc(C(=O)O)cc(-c2ccc(C[C@H](NC(=O)C3CCC(CNC(=O)OC(C)(C)C)CC3)C(=O)Nc3ccc(-c4nn[nH]n4)cc3)cc2)c1C. The second kappa shape index (κ2) is 16.0. The number of rotatable bonds is 11. The van der Waals surface area contributed by atoms with Gasteiger partial charge in [0, 0.05) is 30.1 Å². The number of carbonyl (C=O) groups excluding carboxylic acids is 3. The number of carbonyl (C=O) groups is 4. The number of anilines is 1. The van der Waals surface area contributed by atoms with Crippen LogP contribution in [0.4, 0.5) is 10.5 Å². The molecule has 1 heterocycles. The van der Waals surface area contributed by atoms with Crippen LogP contribution in [0.15, 0.2) is 60.7 Å². The van der Waals surface area contributed by atoms with Gasteiger partial charge in [-0.1, -0.05) is 24.3 Å². The number of alkyl carbamates (subject to hydrolysis) is 1. The van der Waals surface area contributed by atoms with Crippen molar-refractivity contribution in [3.63, 3.8) is 0 Å². The van der Waals surface area contributed by atoms with Crippen molar-refractivity contribution >= 4 is 29.6 Å². The molecule has 0 bridgehead atoms. The molecule has 268 valence electrons. The third-order valence-electron chi connectivity index (χ3n) is 9.16. The third-order valence-corrected chi connectivity index (χ3v) is 9.16. The van der Waals surface area contributed by atoms with E-state index in [1.807, 2.05) is 58.9 Å². The van der Waals surface area contributed by atoms with E-state index >= 15 is 0 Å². The molecule has 3 amide bonds. The van der Waals surface area contributed by atoms with Crippen molar-refractivity contribution in [1.29, 1.82) is 0 Å². The summed E-state index contributed by atoms with van der Waals surface area (Å²) in [4.78, 5) is 51.2. The van der Waals surface area contributed by atoms with Crippen LogP contribution >= 0.6 is 0 Å². The Morgan fingerprint density at radius 1 is 0.941 bits per heavy atom. The molecule has 3 aromatic carbocycles. The van der Waals surface area contributed by atoms with Crippen molar-refractivity contribution in [2.75, 3.05) is 11.9 Å². The first-order chi connectivity index (χ1) is 24.3. The van der Waals surface area contributed by atoms with Gasteiger partial charge in [0.25, 0.3) is 0 Å². The number of H-pyrrole nitrogens is 1. The molecule has 1 aliphatic rings. The number of hydrogen-bond acceptors (Lipinski definition) is 8. The number of aromatic nitrogens is 4. The average molecular weight is 696 g/mol. The van der Waals surface area contributed by atoms with E-state index in [1.165, 1.54) is 0 Å². The second-order valence-corrected chi connectivity index (χ2v) is 14.1. The summed E-state index contributed by atoms with van der Waals surface area (Å²) in [5.41, 5.74) is 5.28. The number of carboxylic acids is 1. The fourth-order valence-corrected chi connectivity index (χ4v) is 6.22. The Morgan fingerprint density at radius 3 is 2.22 bits per heavy atom. The molecule has 4 aromatic rings. The fourth-order valence-electron chi connectivity index (χ4n) is 6.22. The topological polar surface area (TPSA) is 188 Å².